The van der Waals surface area contributed by atoms with Crippen molar-refractivity contribution >= 4 is 56.6 Å². The summed E-state index contributed by atoms with van der Waals surface area (Å²) in [6.07, 6.45) is 0. The van der Waals surface area contributed by atoms with Crippen LogP contribution in [0.1, 0.15) is 10.4 Å². The van der Waals surface area contributed by atoms with E-state index in [4.69, 9.17) is 28.3 Å². The molecule has 2 N–H and O–H groups in total. The molecule has 0 spiro atoms. The number of benzene rings is 1. The van der Waals surface area contributed by atoms with E-state index in [-0.39, 0.29) is 10.7 Å². The predicted octanol–water partition coefficient (Wildman–Crippen LogP) is 4.59. The summed E-state index contributed by atoms with van der Waals surface area (Å²) in [5.41, 5.74) is 0.776. The normalized spacial score (nSPS) is 10.3. The third-order valence-corrected chi connectivity index (χ3v) is 3.64. The molecule has 0 aliphatic carbocycles. The Hall–Kier alpha value is -1.30. The van der Waals surface area contributed by atoms with Crippen molar-refractivity contribution < 1.29 is 9.90 Å². The lowest BCUT2D eigenvalue weighted by Gasteiger charge is -2.08. The summed E-state index contributed by atoms with van der Waals surface area (Å²) < 4.78 is 0.722. The minimum absolute atomic E-state index is 0.0653. The largest absolute Gasteiger partial charge is 0.478 e. The average Bonchev–Trinajstić information content (AvgIpc) is 2.33. The average molecular weight is 362 g/mol. The number of carboxylic acid groups (broad SMARTS) is 1. The van der Waals surface area contributed by atoms with Gasteiger partial charge in [-0.1, -0.05) is 23.2 Å². The quantitative estimate of drug-likeness (QED) is 0.784. The van der Waals surface area contributed by atoms with Crippen LogP contribution >= 0.6 is 39.1 Å². The Morgan fingerprint density at radius 2 is 2.00 bits per heavy atom. The minimum atomic E-state index is -1.07. The van der Waals surface area contributed by atoms with Crippen molar-refractivity contribution in [3.05, 3.63) is 50.5 Å². The van der Waals surface area contributed by atoms with Crippen molar-refractivity contribution in [1.82, 2.24) is 4.98 Å². The molecule has 19 heavy (non-hydrogen) atoms. The van der Waals surface area contributed by atoms with Gasteiger partial charge in [0.1, 0.15) is 11.0 Å². The number of carbonyl (C=O) groups is 1. The van der Waals surface area contributed by atoms with E-state index in [0.717, 1.165) is 4.47 Å². The van der Waals surface area contributed by atoms with Gasteiger partial charge in [0.05, 0.1) is 10.6 Å². The Morgan fingerprint density at radius 1 is 1.26 bits per heavy atom. The van der Waals surface area contributed by atoms with E-state index >= 15 is 0 Å². The Morgan fingerprint density at radius 3 is 2.63 bits per heavy atom. The molecule has 0 unspecified atom stereocenters. The summed E-state index contributed by atoms with van der Waals surface area (Å²) >= 11 is 15.0. The third-order valence-electron chi connectivity index (χ3n) is 2.23. The highest BCUT2D eigenvalue weighted by Gasteiger charge is 2.08. The lowest BCUT2D eigenvalue weighted by molar-refractivity contribution is 0.0697. The maximum absolute atomic E-state index is 10.9. The molecule has 0 saturated carbocycles. The van der Waals surface area contributed by atoms with Gasteiger partial charge in [-0.15, -0.1) is 0 Å². The second kappa shape index (κ2) is 5.77. The highest BCUT2D eigenvalue weighted by molar-refractivity contribution is 9.10. The van der Waals surface area contributed by atoms with E-state index in [1.54, 1.807) is 18.2 Å². The van der Waals surface area contributed by atoms with E-state index in [1.165, 1.54) is 12.1 Å². The molecule has 7 heteroatoms. The SMILES string of the molecule is O=C(O)c1cc(Cl)nc(Nc2ccc(Cl)c(Br)c2)c1. The van der Waals surface area contributed by atoms with Crippen molar-refractivity contribution in [2.75, 3.05) is 5.32 Å². The molecule has 1 aromatic heterocycles. The van der Waals surface area contributed by atoms with Gasteiger partial charge in [0.2, 0.25) is 0 Å². The standard InChI is InChI=1S/C12H7BrCl2N2O2/c13-8-5-7(1-2-9(8)14)16-11-4-6(12(18)19)3-10(15)17-11/h1-5H,(H,16,17)(H,18,19). The van der Waals surface area contributed by atoms with Crippen LogP contribution < -0.4 is 5.32 Å². The summed E-state index contributed by atoms with van der Waals surface area (Å²) in [6.45, 7) is 0. The van der Waals surface area contributed by atoms with E-state index in [1.807, 2.05) is 0 Å². The summed E-state index contributed by atoms with van der Waals surface area (Å²) in [5, 5.41) is 12.6. The molecule has 2 aromatic rings. The molecular formula is C12H7BrCl2N2O2. The van der Waals surface area contributed by atoms with Crippen molar-refractivity contribution in [2.45, 2.75) is 0 Å². The number of nitrogens with one attached hydrogen (secondary N) is 1. The maximum Gasteiger partial charge on any atom is 0.335 e. The molecule has 0 amide bonds. The van der Waals surface area contributed by atoms with Gasteiger partial charge in [-0.05, 0) is 46.3 Å². The van der Waals surface area contributed by atoms with Crippen LogP contribution in [0.4, 0.5) is 11.5 Å². The number of aromatic nitrogens is 1. The van der Waals surface area contributed by atoms with Crippen LogP contribution in [-0.4, -0.2) is 16.1 Å². The molecule has 98 valence electrons. The van der Waals surface area contributed by atoms with Crippen molar-refractivity contribution in [3.8, 4) is 0 Å². The van der Waals surface area contributed by atoms with Gasteiger partial charge in [-0.2, -0.15) is 0 Å². The molecule has 0 aliphatic heterocycles. The highest BCUT2D eigenvalue weighted by atomic mass is 79.9. The Bertz CT molecular complexity index is 650. The maximum atomic E-state index is 10.9. The third kappa shape index (κ3) is 3.59. The van der Waals surface area contributed by atoms with Crippen LogP contribution in [-0.2, 0) is 0 Å². The molecule has 1 heterocycles. The fourth-order valence-electron chi connectivity index (χ4n) is 1.41. The number of hydrogen-bond acceptors (Lipinski definition) is 3. The summed E-state index contributed by atoms with van der Waals surface area (Å²) in [5.74, 6) is -0.719. The molecule has 4 nitrogen and oxygen atoms in total. The van der Waals surface area contributed by atoms with Crippen LogP contribution in [0, 0.1) is 0 Å². The first kappa shape index (κ1) is 14.1. The Labute approximate surface area is 127 Å². The molecule has 0 aliphatic rings. The molecule has 0 bridgehead atoms. The smallest absolute Gasteiger partial charge is 0.335 e. The first-order valence-electron chi connectivity index (χ1n) is 5.08. The van der Waals surface area contributed by atoms with Crippen LogP contribution in [0.3, 0.4) is 0 Å². The number of hydrogen-bond donors (Lipinski definition) is 2. The van der Waals surface area contributed by atoms with Gasteiger partial charge < -0.3 is 10.4 Å². The second-order valence-electron chi connectivity index (χ2n) is 3.62. The highest BCUT2D eigenvalue weighted by Crippen LogP contribution is 2.27. The van der Waals surface area contributed by atoms with Crippen LogP contribution in [0.5, 0.6) is 0 Å². The van der Waals surface area contributed by atoms with Crippen LogP contribution in [0.25, 0.3) is 0 Å². The zero-order valence-electron chi connectivity index (χ0n) is 9.32. The first-order valence-corrected chi connectivity index (χ1v) is 6.63. The van der Waals surface area contributed by atoms with Gasteiger partial charge in [0.25, 0.3) is 0 Å². The van der Waals surface area contributed by atoms with Gasteiger partial charge in [-0.3, -0.25) is 0 Å². The number of carboxylic acids is 1. The number of anilines is 2. The zero-order chi connectivity index (χ0) is 14.0. The molecule has 0 atom stereocenters. The number of nitrogens with zero attached hydrogens (tertiary/aromatic N) is 1. The number of rotatable bonds is 3. The van der Waals surface area contributed by atoms with Gasteiger partial charge in [0, 0.05) is 10.2 Å². The number of pyridine rings is 1. The lowest BCUT2D eigenvalue weighted by atomic mass is 10.2. The second-order valence-corrected chi connectivity index (χ2v) is 5.27. The van der Waals surface area contributed by atoms with Gasteiger partial charge in [0.15, 0.2) is 0 Å². The fraction of sp³-hybridized carbons (Fsp3) is 0. The van der Waals surface area contributed by atoms with Crippen molar-refractivity contribution in [2.24, 2.45) is 0 Å². The van der Waals surface area contributed by atoms with E-state index in [0.29, 0.717) is 16.5 Å². The van der Waals surface area contributed by atoms with E-state index in [2.05, 4.69) is 26.2 Å². The first-order chi connectivity index (χ1) is 8.95. The summed E-state index contributed by atoms with van der Waals surface area (Å²) in [7, 11) is 0. The zero-order valence-corrected chi connectivity index (χ0v) is 12.4. The minimum Gasteiger partial charge on any atom is -0.478 e. The molecule has 0 fully saturated rings. The lowest BCUT2D eigenvalue weighted by Crippen LogP contribution is -2.00. The number of aromatic carboxylic acids is 1. The van der Waals surface area contributed by atoms with Gasteiger partial charge in [-0.25, -0.2) is 9.78 Å². The molecular weight excluding hydrogens is 355 g/mol. The van der Waals surface area contributed by atoms with E-state index in [9.17, 15) is 4.79 Å². The summed E-state index contributed by atoms with van der Waals surface area (Å²) in [4.78, 5) is 14.9. The van der Waals surface area contributed by atoms with Crippen molar-refractivity contribution in [3.63, 3.8) is 0 Å². The monoisotopic (exact) mass is 360 g/mol. The Balaban J connectivity index is 2.32. The van der Waals surface area contributed by atoms with Crippen molar-refractivity contribution in [1.29, 1.82) is 0 Å². The van der Waals surface area contributed by atoms with E-state index < -0.39 is 5.97 Å². The van der Waals surface area contributed by atoms with Gasteiger partial charge >= 0.3 is 5.97 Å². The summed E-state index contributed by atoms with van der Waals surface area (Å²) in [6, 6.07) is 7.89. The number of halogens is 3. The topological polar surface area (TPSA) is 62.2 Å². The van der Waals surface area contributed by atoms with Crippen LogP contribution in [0.15, 0.2) is 34.8 Å². The molecule has 1 aromatic carbocycles. The Kier molecular flexibility index (Phi) is 4.29. The fourth-order valence-corrected chi connectivity index (χ4v) is 2.11. The molecule has 2 rings (SSSR count). The predicted molar refractivity (Wildman–Crippen MR) is 78.6 cm³/mol. The van der Waals surface area contributed by atoms with Crippen LogP contribution in [0.2, 0.25) is 10.2 Å². The molecule has 0 saturated heterocycles. The molecule has 0 radical (unpaired) electrons.